The Labute approximate surface area is 131 Å². The van der Waals surface area contributed by atoms with Gasteiger partial charge in [-0.25, -0.2) is 4.98 Å². The van der Waals surface area contributed by atoms with E-state index in [0.29, 0.717) is 5.69 Å². The Balaban J connectivity index is 2.04. The van der Waals surface area contributed by atoms with E-state index in [4.69, 9.17) is 5.11 Å². The van der Waals surface area contributed by atoms with Crippen molar-refractivity contribution in [2.45, 2.75) is 13.3 Å². The van der Waals surface area contributed by atoms with E-state index >= 15 is 0 Å². The number of carbonyl (C=O) groups is 3. The summed E-state index contributed by atoms with van der Waals surface area (Å²) in [5.74, 6) is -2.06. The molecule has 9 heteroatoms. The smallest absolute Gasteiger partial charge is 0.305 e. The first-order valence-electron chi connectivity index (χ1n) is 6.75. The molecule has 120 valence electrons. The summed E-state index contributed by atoms with van der Waals surface area (Å²) in [6, 6.07) is 5.01. The van der Waals surface area contributed by atoms with E-state index in [1.165, 1.54) is 6.20 Å². The summed E-state index contributed by atoms with van der Waals surface area (Å²) in [5, 5.41) is 19.7. The van der Waals surface area contributed by atoms with Gasteiger partial charge in [-0.05, 0) is 19.1 Å². The van der Waals surface area contributed by atoms with Crippen molar-refractivity contribution in [1.29, 1.82) is 0 Å². The highest BCUT2D eigenvalue weighted by atomic mass is 16.4. The Bertz CT molecular complexity index is 740. The molecule has 0 saturated carbocycles. The van der Waals surface area contributed by atoms with Gasteiger partial charge in [-0.3, -0.25) is 19.5 Å². The Kier molecular flexibility index (Phi) is 5.03. The SMILES string of the molecule is Cc1cccc(C(=O)Nc2cn[nH]c2C(=O)NCCC(=O)O)n1. The number of aliphatic carboxylic acids is 1. The maximum Gasteiger partial charge on any atom is 0.305 e. The second kappa shape index (κ2) is 7.16. The Morgan fingerprint density at radius 2 is 2.04 bits per heavy atom. The van der Waals surface area contributed by atoms with Gasteiger partial charge in [0.2, 0.25) is 0 Å². The molecule has 2 amide bonds. The number of pyridine rings is 1. The quantitative estimate of drug-likeness (QED) is 0.614. The Morgan fingerprint density at radius 1 is 1.26 bits per heavy atom. The Hall–Kier alpha value is -3.23. The molecule has 2 rings (SSSR count). The minimum Gasteiger partial charge on any atom is -0.481 e. The van der Waals surface area contributed by atoms with Gasteiger partial charge in [-0.1, -0.05) is 6.07 Å². The summed E-state index contributed by atoms with van der Waals surface area (Å²) in [4.78, 5) is 38.6. The molecule has 2 aromatic heterocycles. The molecule has 0 spiro atoms. The highest BCUT2D eigenvalue weighted by Crippen LogP contribution is 2.13. The van der Waals surface area contributed by atoms with Crippen LogP contribution in [0.25, 0.3) is 0 Å². The lowest BCUT2D eigenvalue weighted by molar-refractivity contribution is -0.136. The largest absolute Gasteiger partial charge is 0.481 e. The highest BCUT2D eigenvalue weighted by Gasteiger charge is 2.17. The third-order valence-corrected chi connectivity index (χ3v) is 2.86. The number of aromatic nitrogens is 3. The van der Waals surface area contributed by atoms with E-state index in [9.17, 15) is 14.4 Å². The number of hydrogen-bond donors (Lipinski definition) is 4. The van der Waals surface area contributed by atoms with Gasteiger partial charge in [0.25, 0.3) is 11.8 Å². The van der Waals surface area contributed by atoms with Gasteiger partial charge in [0, 0.05) is 12.2 Å². The molecule has 0 radical (unpaired) electrons. The number of aryl methyl sites for hydroxylation is 1. The van der Waals surface area contributed by atoms with Crippen molar-refractivity contribution in [3.8, 4) is 0 Å². The molecule has 9 nitrogen and oxygen atoms in total. The number of H-pyrrole nitrogens is 1. The van der Waals surface area contributed by atoms with Crippen LogP contribution in [0.3, 0.4) is 0 Å². The predicted molar refractivity (Wildman–Crippen MR) is 80.1 cm³/mol. The van der Waals surface area contributed by atoms with Gasteiger partial charge in [0.15, 0.2) is 0 Å². The molecule has 23 heavy (non-hydrogen) atoms. The molecule has 0 saturated heterocycles. The van der Waals surface area contributed by atoms with Crippen LogP contribution in [0, 0.1) is 6.92 Å². The Morgan fingerprint density at radius 3 is 2.74 bits per heavy atom. The van der Waals surface area contributed by atoms with E-state index in [-0.39, 0.29) is 30.0 Å². The summed E-state index contributed by atoms with van der Waals surface area (Å²) in [7, 11) is 0. The monoisotopic (exact) mass is 317 g/mol. The molecule has 2 aromatic rings. The molecular formula is C14H15N5O4. The minimum absolute atomic E-state index is 0.0278. The average molecular weight is 317 g/mol. The molecule has 2 heterocycles. The second-order valence-electron chi connectivity index (χ2n) is 4.68. The summed E-state index contributed by atoms with van der Waals surface area (Å²) < 4.78 is 0. The van der Waals surface area contributed by atoms with Crippen molar-refractivity contribution in [2.24, 2.45) is 0 Å². The summed E-state index contributed by atoms with van der Waals surface area (Å²) in [5.41, 5.74) is 1.13. The lowest BCUT2D eigenvalue weighted by Crippen LogP contribution is -2.27. The topological polar surface area (TPSA) is 137 Å². The van der Waals surface area contributed by atoms with Crippen LogP contribution in [0.2, 0.25) is 0 Å². The number of carbonyl (C=O) groups excluding carboxylic acids is 2. The highest BCUT2D eigenvalue weighted by molar-refractivity contribution is 6.07. The zero-order chi connectivity index (χ0) is 16.8. The number of amides is 2. The van der Waals surface area contributed by atoms with Crippen LogP contribution in [-0.4, -0.2) is 44.6 Å². The molecule has 0 unspecified atom stereocenters. The molecule has 0 aliphatic heterocycles. The van der Waals surface area contributed by atoms with Gasteiger partial charge in [-0.15, -0.1) is 0 Å². The first kappa shape index (κ1) is 16.1. The fourth-order valence-electron chi connectivity index (χ4n) is 1.78. The molecule has 0 aromatic carbocycles. The van der Waals surface area contributed by atoms with Gasteiger partial charge in [-0.2, -0.15) is 5.10 Å². The average Bonchev–Trinajstić information content (AvgIpc) is 2.95. The molecular weight excluding hydrogens is 302 g/mol. The number of anilines is 1. The predicted octanol–water partition coefficient (Wildman–Crippen LogP) is 0.570. The second-order valence-corrected chi connectivity index (χ2v) is 4.68. The molecule has 0 fully saturated rings. The molecule has 0 atom stereocenters. The normalized spacial score (nSPS) is 10.1. The summed E-state index contributed by atoms with van der Waals surface area (Å²) >= 11 is 0. The fourth-order valence-corrected chi connectivity index (χ4v) is 1.78. The van der Waals surface area contributed by atoms with E-state index in [0.717, 1.165) is 0 Å². The number of rotatable bonds is 6. The lowest BCUT2D eigenvalue weighted by Gasteiger charge is -2.06. The minimum atomic E-state index is -1.02. The van der Waals surface area contributed by atoms with Crippen LogP contribution < -0.4 is 10.6 Å². The number of hydrogen-bond acceptors (Lipinski definition) is 5. The van der Waals surface area contributed by atoms with Crippen molar-refractivity contribution in [2.75, 3.05) is 11.9 Å². The molecule has 4 N–H and O–H groups in total. The zero-order valence-corrected chi connectivity index (χ0v) is 12.3. The number of carboxylic acid groups (broad SMARTS) is 1. The van der Waals surface area contributed by atoms with Crippen molar-refractivity contribution in [3.63, 3.8) is 0 Å². The van der Waals surface area contributed by atoms with Crippen molar-refractivity contribution >= 4 is 23.5 Å². The molecule has 0 bridgehead atoms. The fraction of sp³-hybridized carbons (Fsp3) is 0.214. The van der Waals surface area contributed by atoms with Crippen molar-refractivity contribution in [3.05, 3.63) is 41.5 Å². The maximum atomic E-state index is 12.1. The van der Waals surface area contributed by atoms with Gasteiger partial charge < -0.3 is 15.7 Å². The molecule has 0 aliphatic carbocycles. The van der Waals surface area contributed by atoms with Crippen molar-refractivity contribution < 1.29 is 19.5 Å². The van der Waals surface area contributed by atoms with Crippen LogP contribution in [0.5, 0.6) is 0 Å². The third kappa shape index (κ3) is 4.37. The van der Waals surface area contributed by atoms with Crippen molar-refractivity contribution in [1.82, 2.24) is 20.5 Å². The third-order valence-electron chi connectivity index (χ3n) is 2.86. The standard InChI is InChI=1S/C14H15N5O4/c1-8-3-2-4-9(17-8)13(22)18-10-7-16-19-12(10)14(23)15-6-5-11(20)21/h2-4,7H,5-6H2,1H3,(H,15,23)(H,16,19)(H,18,22)(H,20,21). The van der Waals surface area contributed by atoms with Gasteiger partial charge in [0.1, 0.15) is 11.4 Å². The zero-order valence-electron chi connectivity index (χ0n) is 12.3. The van der Waals surface area contributed by atoms with E-state index < -0.39 is 17.8 Å². The number of aromatic amines is 1. The van der Waals surface area contributed by atoms with Crippen LogP contribution in [0.4, 0.5) is 5.69 Å². The summed E-state index contributed by atoms with van der Waals surface area (Å²) in [6.45, 7) is 1.73. The van der Waals surface area contributed by atoms with E-state index in [1.54, 1.807) is 25.1 Å². The van der Waals surface area contributed by atoms with Gasteiger partial charge >= 0.3 is 5.97 Å². The number of nitrogens with one attached hydrogen (secondary N) is 3. The first-order chi connectivity index (χ1) is 11.0. The van der Waals surface area contributed by atoms with Crippen LogP contribution in [-0.2, 0) is 4.79 Å². The number of nitrogens with zero attached hydrogens (tertiary/aromatic N) is 2. The first-order valence-corrected chi connectivity index (χ1v) is 6.75. The summed E-state index contributed by atoms with van der Waals surface area (Å²) in [6.07, 6.45) is 1.09. The van der Waals surface area contributed by atoms with Crippen LogP contribution in [0.15, 0.2) is 24.4 Å². The van der Waals surface area contributed by atoms with Crippen LogP contribution >= 0.6 is 0 Å². The van der Waals surface area contributed by atoms with E-state index in [1.807, 2.05) is 0 Å². The lowest BCUT2D eigenvalue weighted by atomic mass is 10.2. The number of carboxylic acids is 1. The molecule has 0 aliphatic rings. The van der Waals surface area contributed by atoms with E-state index in [2.05, 4.69) is 25.8 Å². The maximum absolute atomic E-state index is 12.1. The van der Waals surface area contributed by atoms with Gasteiger partial charge in [0.05, 0.1) is 18.3 Å². The van der Waals surface area contributed by atoms with Crippen LogP contribution in [0.1, 0.15) is 33.1 Å².